The second-order valence-corrected chi connectivity index (χ2v) is 4.27. The number of benzene rings is 2. The smallest absolute Gasteiger partial charge is 0.312 e. The third kappa shape index (κ3) is 2.28. The van der Waals surface area contributed by atoms with Crippen molar-refractivity contribution in [3.63, 3.8) is 0 Å². The zero-order chi connectivity index (χ0) is 13.2. The number of rotatable bonds is 2. The average molecular weight is 274 g/mol. The van der Waals surface area contributed by atoms with Crippen LogP contribution in [-0.2, 0) is 0 Å². The van der Waals surface area contributed by atoms with Crippen LogP contribution in [0, 0.1) is 0 Å². The van der Waals surface area contributed by atoms with Gasteiger partial charge in [-0.25, -0.2) is 4.79 Å². The molecule has 5 nitrogen and oxygen atoms in total. The van der Waals surface area contributed by atoms with Gasteiger partial charge in [0.25, 0.3) is 0 Å². The van der Waals surface area contributed by atoms with Crippen molar-refractivity contribution in [3.05, 3.63) is 59.1 Å². The summed E-state index contributed by atoms with van der Waals surface area (Å²) in [7, 11) is 0. The first-order valence-electron chi connectivity index (χ1n) is 5.53. The van der Waals surface area contributed by atoms with Gasteiger partial charge < -0.3 is 4.84 Å². The Kier molecular flexibility index (Phi) is 2.89. The quantitative estimate of drug-likeness (QED) is 0.673. The van der Waals surface area contributed by atoms with Gasteiger partial charge in [-0.1, -0.05) is 28.6 Å². The summed E-state index contributed by atoms with van der Waals surface area (Å²) in [6.45, 7) is 0. The van der Waals surface area contributed by atoms with Gasteiger partial charge in [0.1, 0.15) is 11.0 Å². The molecule has 0 aliphatic heterocycles. The van der Waals surface area contributed by atoms with E-state index in [2.05, 4.69) is 10.3 Å². The van der Waals surface area contributed by atoms with Crippen LogP contribution < -0.4 is 4.84 Å². The van der Waals surface area contributed by atoms with Gasteiger partial charge in [0, 0.05) is 5.02 Å². The number of para-hydroxylation sites is 1. The zero-order valence-electron chi connectivity index (χ0n) is 9.65. The molecule has 3 aromatic rings. The molecule has 6 heteroatoms. The maximum Gasteiger partial charge on any atom is 0.365 e. The molecule has 1 heterocycles. The summed E-state index contributed by atoms with van der Waals surface area (Å²) in [4.78, 5) is 18.2. The zero-order valence-corrected chi connectivity index (χ0v) is 10.4. The largest absolute Gasteiger partial charge is 0.365 e. The Labute approximate surface area is 113 Å². The van der Waals surface area contributed by atoms with Gasteiger partial charge in [0.05, 0.1) is 5.56 Å². The number of fused-ring (bicyclic) bond motifs is 1. The first kappa shape index (κ1) is 11.7. The van der Waals surface area contributed by atoms with Gasteiger partial charge in [-0.3, -0.25) is 0 Å². The summed E-state index contributed by atoms with van der Waals surface area (Å²) in [5.41, 5.74) is 1.68. The van der Waals surface area contributed by atoms with Crippen LogP contribution in [0.4, 0.5) is 0 Å². The Morgan fingerprint density at radius 2 is 1.84 bits per heavy atom. The first-order chi connectivity index (χ1) is 9.24. The maximum atomic E-state index is 11.9. The van der Waals surface area contributed by atoms with Crippen LogP contribution in [0.25, 0.3) is 11.0 Å². The molecule has 2 aromatic carbocycles. The van der Waals surface area contributed by atoms with E-state index in [1.807, 2.05) is 12.1 Å². The van der Waals surface area contributed by atoms with E-state index in [9.17, 15) is 4.79 Å². The number of aromatic nitrogens is 3. The van der Waals surface area contributed by atoms with E-state index in [4.69, 9.17) is 16.4 Å². The normalized spacial score (nSPS) is 10.6. The lowest BCUT2D eigenvalue weighted by Crippen LogP contribution is -2.20. The van der Waals surface area contributed by atoms with Crippen LogP contribution >= 0.6 is 11.6 Å². The molecule has 0 bridgehead atoms. The fraction of sp³-hybridized carbons (Fsp3) is 0. The minimum absolute atomic E-state index is 0.393. The van der Waals surface area contributed by atoms with Gasteiger partial charge in [0.2, 0.25) is 0 Å². The third-order valence-electron chi connectivity index (χ3n) is 2.57. The highest BCUT2D eigenvalue weighted by Crippen LogP contribution is 2.11. The average Bonchev–Trinajstić information content (AvgIpc) is 2.83. The lowest BCUT2D eigenvalue weighted by molar-refractivity contribution is 0.0409. The lowest BCUT2D eigenvalue weighted by Gasteiger charge is -2.03. The molecule has 3 rings (SSSR count). The van der Waals surface area contributed by atoms with Crippen molar-refractivity contribution in [2.24, 2.45) is 0 Å². The molecule has 0 unspecified atom stereocenters. The van der Waals surface area contributed by atoms with E-state index in [0.717, 1.165) is 4.85 Å². The maximum absolute atomic E-state index is 11.9. The van der Waals surface area contributed by atoms with Crippen molar-refractivity contribution < 1.29 is 9.63 Å². The summed E-state index contributed by atoms with van der Waals surface area (Å²) >= 11 is 5.76. The number of hydrogen-bond acceptors (Lipinski definition) is 4. The SMILES string of the molecule is O=C(On1nnc2ccccc21)c1ccc(Cl)cc1. The molecule has 0 atom stereocenters. The summed E-state index contributed by atoms with van der Waals surface area (Å²) in [5, 5.41) is 8.23. The predicted octanol–water partition coefficient (Wildman–Crippen LogP) is 2.35. The Morgan fingerprint density at radius 1 is 1.11 bits per heavy atom. The molecule has 0 saturated carbocycles. The highest BCUT2D eigenvalue weighted by molar-refractivity contribution is 6.30. The van der Waals surface area contributed by atoms with E-state index in [1.165, 1.54) is 0 Å². The number of carbonyl (C=O) groups excluding carboxylic acids is 1. The Balaban J connectivity index is 1.89. The van der Waals surface area contributed by atoms with E-state index in [1.54, 1.807) is 36.4 Å². The Morgan fingerprint density at radius 3 is 2.63 bits per heavy atom. The van der Waals surface area contributed by atoms with E-state index < -0.39 is 5.97 Å². The first-order valence-corrected chi connectivity index (χ1v) is 5.90. The molecular weight excluding hydrogens is 266 g/mol. The van der Waals surface area contributed by atoms with Gasteiger partial charge in [-0.2, -0.15) is 0 Å². The summed E-state index contributed by atoms with van der Waals surface area (Å²) in [6, 6.07) is 13.6. The van der Waals surface area contributed by atoms with Crippen molar-refractivity contribution in [3.8, 4) is 0 Å². The van der Waals surface area contributed by atoms with Gasteiger partial charge in [-0.15, -0.1) is 5.10 Å². The minimum atomic E-state index is -0.521. The minimum Gasteiger partial charge on any atom is -0.312 e. The van der Waals surface area contributed by atoms with Crippen molar-refractivity contribution in [2.45, 2.75) is 0 Å². The molecule has 0 fully saturated rings. The van der Waals surface area contributed by atoms with E-state index >= 15 is 0 Å². The Hall–Kier alpha value is -2.40. The standard InChI is InChI=1S/C13H8ClN3O2/c14-10-7-5-9(6-8-10)13(18)19-17-12-4-2-1-3-11(12)15-16-17/h1-8H. The number of carbonyl (C=O) groups is 1. The summed E-state index contributed by atoms with van der Waals surface area (Å²) in [6.07, 6.45) is 0. The highest BCUT2D eigenvalue weighted by atomic mass is 35.5. The van der Waals surface area contributed by atoms with Crippen molar-refractivity contribution >= 4 is 28.6 Å². The highest BCUT2D eigenvalue weighted by Gasteiger charge is 2.11. The van der Waals surface area contributed by atoms with Crippen LogP contribution in [-0.4, -0.2) is 21.1 Å². The van der Waals surface area contributed by atoms with Crippen LogP contribution in [0.15, 0.2) is 48.5 Å². The molecule has 1 aromatic heterocycles. The van der Waals surface area contributed by atoms with E-state index in [-0.39, 0.29) is 0 Å². The summed E-state index contributed by atoms with van der Waals surface area (Å²) in [5.74, 6) is -0.521. The molecule has 19 heavy (non-hydrogen) atoms. The molecule has 94 valence electrons. The number of nitrogens with zero attached hydrogens (tertiary/aromatic N) is 3. The third-order valence-corrected chi connectivity index (χ3v) is 2.82. The molecule has 0 amide bonds. The Bertz CT molecular complexity index is 737. The van der Waals surface area contributed by atoms with Gasteiger partial charge in [-0.05, 0) is 41.6 Å². The van der Waals surface area contributed by atoms with Crippen LogP contribution in [0.5, 0.6) is 0 Å². The molecule has 0 aliphatic carbocycles. The molecule has 0 saturated heterocycles. The van der Waals surface area contributed by atoms with E-state index in [0.29, 0.717) is 21.6 Å². The fourth-order valence-electron chi connectivity index (χ4n) is 1.63. The monoisotopic (exact) mass is 273 g/mol. The number of hydrogen-bond donors (Lipinski definition) is 0. The molecule has 0 N–H and O–H groups in total. The van der Waals surface area contributed by atoms with Crippen LogP contribution in [0.3, 0.4) is 0 Å². The van der Waals surface area contributed by atoms with Gasteiger partial charge in [0.15, 0.2) is 0 Å². The van der Waals surface area contributed by atoms with Gasteiger partial charge >= 0.3 is 5.97 Å². The van der Waals surface area contributed by atoms with Crippen molar-refractivity contribution in [1.82, 2.24) is 15.2 Å². The second kappa shape index (κ2) is 4.70. The number of halogens is 1. The van der Waals surface area contributed by atoms with Crippen LogP contribution in [0.1, 0.15) is 10.4 Å². The topological polar surface area (TPSA) is 57.0 Å². The molecular formula is C13H8ClN3O2. The second-order valence-electron chi connectivity index (χ2n) is 3.84. The molecule has 0 aliphatic rings. The van der Waals surface area contributed by atoms with Crippen molar-refractivity contribution in [1.29, 1.82) is 0 Å². The molecule has 0 radical (unpaired) electrons. The molecule has 0 spiro atoms. The summed E-state index contributed by atoms with van der Waals surface area (Å²) < 4.78 is 0. The lowest BCUT2D eigenvalue weighted by atomic mass is 10.2. The predicted molar refractivity (Wildman–Crippen MR) is 69.9 cm³/mol. The van der Waals surface area contributed by atoms with Crippen molar-refractivity contribution in [2.75, 3.05) is 0 Å². The van der Waals surface area contributed by atoms with Crippen LogP contribution in [0.2, 0.25) is 5.02 Å². The fourth-order valence-corrected chi connectivity index (χ4v) is 1.76.